The smallest absolute Gasteiger partial charge is 0.101 e. The molecule has 0 atom stereocenters. The quantitative estimate of drug-likeness (QED) is 0.536. The Kier molecular flexibility index (Phi) is 6.57. The van der Waals surface area contributed by atoms with Gasteiger partial charge in [0.05, 0.1) is 5.57 Å². The normalized spacial score (nSPS) is 11.4. The summed E-state index contributed by atoms with van der Waals surface area (Å²) in [5, 5.41) is 12.1. The molecule has 0 spiro atoms. The van der Waals surface area contributed by atoms with Gasteiger partial charge in [-0.05, 0) is 32.8 Å². The zero-order chi connectivity index (χ0) is 11.0. The molecule has 0 rings (SSSR count). The zero-order valence-electron chi connectivity index (χ0n) is 9.65. The molecule has 2 heteroatoms. The third-order valence-electron chi connectivity index (χ3n) is 2.22. The average Bonchev–Trinajstić information content (AvgIpc) is 2.20. The van der Waals surface area contributed by atoms with Crippen LogP contribution < -0.4 is 5.32 Å². The molecule has 0 amide bonds. The molecule has 14 heavy (non-hydrogen) atoms. The van der Waals surface area contributed by atoms with Gasteiger partial charge in [-0.1, -0.05) is 19.4 Å². The van der Waals surface area contributed by atoms with Crippen LogP contribution in [-0.4, -0.2) is 6.54 Å². The highest BCUT2D eigenvalue weighted by Gasteiger charge is 1.99. The molecule has 0 heterocycles. The summed E-state index contributed by atoms with van der Waals surface area (Å²) in [6, 6.07) is 2.23. The number of nitrogens with zero attached hydrogens (tertiary/aromatic N) is 1. The maximum Gasteiger partial charge on any atom is 0.101 e. The van der Waals surface area contributed by atoms with Crippen molar-refractivity contribution in [3.63, 3.8) is 0 Å². The number of nitrogens with one attached hydrogen (secondary N) is 1. The van der Waals surface area contributed by atoms with E-state index in [1.54, 1.807) is 0 Å². The van der Waals surface area contributed by atoms with Gasteiger partial charge in [-0.2, -0.15) is 5.26 Å². The molecule has 0 aliphatic heterocycles. The molecular weight excluding hydrogens is 172 g/mol. The Bertz CT molecular complexity index is 261. The fraction of sp³-hybridized carbons (Fsp3) is 0.583. The van der Waals surface area contributed by atoms with Gasteiger partial charge in [-0.15, -0.1) is 0 Å². The molecule has 78 valence electrons. The molecule has 0 aromatic carbocycles. The lowest BCUT2D eigenvalue weighted by molar-refractivity contribution is 0.847. The van der Waals surface area contributed by atoms with Crippen molar-refractivity contribution in [1.82, 2.24) is 5.32 Å². The third kappa shape index (κ3) is 4.13. The van der Waals surface area contributed by atoms with Crippen molar-refractivity contribution in [2.45, 2.75) is 40.5 Å². The van der Waals surface area contributed by atoms with Crippen LogP contribution in [0.2, 0.25) is 0 Å². The highest BCUT2D eigenvalue weighted by Crippen LogP contribution is 2.11. The predicted octanol–water partition coefficient (Wildman–Crippen LogP) is 3.14. The zero-order valence-corrected chi connectivity index (χ0v) is 9.65. The average molecular weight is 192 g/mol. The van der Waals surface area contributed by atoms with Gasteiger partial charge in [0.1, 0.15) is 6.07 Å². The number of hydrogen-bond donors (Lipinski definition) is 1. The Hall–Kier alpha value is -1.23. The largest absolute Gasteiger partial charge is 0.388 e. The van der Waals surface area contributed by atoms with Crippen LogP contribution in [0.3, 0.4) is 0 Å². The number of nitriles is 1. The molecular formula is C12H20N2. The monoisotopic (exact) mass is 192 g/mol. The Morgan fingerprint density at radius 1 is 1.29 bits per heavy atom. The van der Waals surface area contributed by atoms with Gasteiger partial charge in [0, 0.05) is 12.2 Å². The molecule has 0 bridgehead atoms. The number of allylic oxidation sites excluding steroid dienone is 4. The van der Waals surface area contributed by atoms with E-state index in [9.17, 15) is 0 Å². The van der Waals surface area contributed by atoms with Crippen LogP contribution in [0.4, 0.5) is 0 Å². The first kappa shape index (κ1) is 12.8. The SMILES string of the molecule is CCN/C(C)=C(\C#N)C=C(CC)CC. The van der Waals surface area contributed by atoms with Gasteiger partial charge < -0.3 is 5.32 Å². The summed E-state index contributed by atoms with van der Waals surface area (Å²) in [6.07, 6.45) is 4.03. The summed E-state index contributed by atoms with van der Waals surface area (Å²) in [7, 11) is 0. The Morgan fingerprint density at radius 3 is 2.21 bits per heavy atom. The van der Waals surface area contributed by atoms with E-state index >= 15 is 0 Å². The van der Waals surface area contributed by atoms with Crippen LogP contribution in [0, 0.1) is 11.3 Å². The third-order valence-corrected chi connectivity index (χ3v) is 2.22. The summed E-state index contributed by atoms with van der Waals surface area (Å²) in [5.41, 5.74) is 3.04. The molecule has 0 saturated heterocycles. The summed E-state index contributed by atoms with van der Waals surface area (Å²) >= 11 is 0. The maximum absolute atomic E-state index is 8.97. The lowest BCUT2D eigenvalue weighted by Crippen LogP contribution is -2.11. The summed E-state index contributed by atoms with van der Waals surface area (Å²) in [6.45, 7) is 9.07. The van der Waals surface area contributed by atoms with Crippen LogP contribution in [-0.2, 0) is 0 Å². The first-order valence-electron chi connectivity index (χ1n) is 5.23. The molecule has 2 nitrogen and oxygen atoms in total. The second-order valence-electron chi connectivity index (χ2n) is 3.19. The van der Waals surface area contributed by atoms with Crippen LogP contribution in [0.15, 0.2) is 22.9 Å². The van der Waals surface area contributed by atoms with Crippen molar-refractivity contribution in [2.75, 3.05) is 6.54 Å². The standard InChI is InChI=1S/C12H20N2/c1-5-11(6-2)8-12(9-13)10(4)14-7-3/h8,14H,5-7H2,1-4H3/b12-10-. The molecule has 0 fully saturated rings. The van der Waals surface area contributed by atoms with Gasteiger partial charge in [0.2, 0.25) is 0 Å². The van der Waals surface area contributed by atoms with E-state index in [1.807, 2.05) is 19.9 Å². The van der Waals surface area contributed by atoms with Crippen LogP contribution in [0.1, 0.15) is 40.5 Å². The van der Waals surface area contributed by atoms with Crippen molar-refractivity contribution in [2.24, 2.45) is 0 Å². The highest BCUT2D eigenvalue weighted by molar-refractivity contribution is 5.38. The molecule has 0 radical (unpaired) electrons. The van der Waals surface area contributed by atoms with E-state index < -0.39 is 0 Å². The van der Waals surface area contributed by atoms with Crippen molar-refractivity contribution < 1.29 is 0 Å². The predicted molar refractivity (Wildman–Crippen MR) is 60.7 cm³/mol. The van der Waals surface area contributed by atoms with Crippen molar-refractivity contribution >= 4 is 0 Å². The Balaban J connectivity index is 4.82. The minimum absolute atomic E-state index is 0.755. The van der Waals surface area contributed by atoms with Gasteiger partial charge in [-0.25, -0.2) is 0 Å². The number of rotatable bonds is 5. The van der Waals surface area contributed by atoms with Crippen molar-refractivity contribution in [1.29, 1.82) is 5.26 Å². The van der Waals surface area contributed by atoms with E-state index in [1.165, 1.54) is 5.57 Å². The number of hydrogen-bond acceptors (Lipinski definition) is 2. The Morgan fingerprint density at radius 2 is 1.86 bits per heavy atom. The molecule has 0 unspecified atom stereocenters. The summed E-state index contributed by atoms with van der Waals surface area (Å²) in [5.74, 6) is 0. The minimum atomic E-state index is 0.755. The molecule has 0 aromatic heterocycles. The molecule has 0 aliphatic carbocycles. The fourth-order valence-corrected chi connectivity index (χ4v) is 1.24. The fourth-order valence-electron chi connectivity index (χ4n) is 1.24. The van der Waals surface area contributed by atoms with E-state index in [4.69, 9.17) is 5.26 Å². The van der Waals surface area contributed by atoms with Gasteiger partial charge in [-0.3, -0.25) is 0 Å². The second kappa shape index (κ2) is 7.20. The van der Waals surface area contributed by atoms with E-state index in [-0.39, 0.29) is 0 Å². The molecule has 1 N–H and O–H groups in total. The Labute approximate surface area is 87.3 Å². The van der Waals surface area contributed by atoms with Gasteiger partial charge in [0.15, 0.2) is 0 Å². The highest BCUT2D eigenvalue weighted by atomic mass is 14.9. The van der Waals surface area contributed by atoms with Gasteiger partial charge in [0.25, 0.3) is 0 Å². The van der Waals surface area contributed by atoms with E-state index in [0.717, 1.165) is 30.7 Å². The minimum Gasteiger partial charge on any atom is -0.388 e. The molecule has 0 saturated carbocycles. The van der Waals surface area contributed by atoms with Crippen LogP contribution >= 0.6 is 0 Å². The van der Waals surface area contributed by atoms with Crippen molar-refractivity contribution in [3.8, 4) is 6.07 Å². The summed E-state index contributed by atoms with van der Waals surface area (Å²) < 4.78 is 0. The topological polar surface area (TPSA) is 35.8 Å². The van der Waals surface area contributed by atoms with Crippen LogP contribution in [0.5, 0.6) is 0 Å². The van der Waals surface area contributed by atoms with Crippen LogP contribution in [0.25, 0.3) is 0 Å². The second-order valence-corrected chi connectivity index (χ2v) is 3.19. The first-order valence-corrected chi connectivity index (χ1v) is 5.23. The van der Waals surface area contributed by atoms with Crippen molar-refractivity contribution in [3.05, 3.63) is 22.9 Å². The van der Waals surface area contributed by atoms with Gasteiger partial charge >= 0.3 is 0 Å². The molecule has 0 aliphatic rings. The summed E-state index contributed by atoms with van der Waals surface area (Å²) in [4.78, 5) is 0. The molecule has 0 aromatic rings. The van der Waals surface area contributed by atoms with E-state index in [0.29, 0.717) is 0 Å². The first-order chi connectivity index (χ1) is 6.69. The van der Waals surface area contributed by atoms with E-state index in [2.05, 4.69) is 25.2 Å². The maximum atomic E-state index is 8.97. The lowest BCUT2D eigenvalue weighted by atomic mass is 10.1. The lowest BCUT2D eigenvalue weighted by Gasteiger charge is -2.05.